The Morgan fingerprint density at radius 1 is 1.38 bits per heavy atom. The molecule has 0 fully saturated rings. The van der Waals surface area contributed by atoms with Gasteiger partial charge in [-0.3, -0.25) is 4.79 Å². The van der Waals surface area contributed by atoms with Crippen LogP contribution in [0.4, 0.5) is 0 Å². The molecule has 2 N–H and O–H groups in total. The highest BCUT2D eigenvalue weighted by molar-refractivity contribution is 5.94. The summed E-state index contributed by atoms with van der Waals surface area (Å²) in [6, 6.07) is 7.94. The molecule has 88 valence electrons. The minimum Gasteiger partial charge on any atom is -0.327 e. The minimum absolute atomic E-state index is 0.110. The number of hydrogen-bond acceptors (Lipinski definition) is 2. The Labute approximate surface area is 97.9 Å². The number of carbonyl (C=O) groups is 1. The molecule has 1 aromatic rings. The third-order valence-electron chi connectivity index (χ3n) is 2.61. The summed E-state index contributed by atoms with van der Waals surface area (Å²) in [4.78, 5) is 11.2. The first-order chi connectivity index (χ1) is 7.49. The molecular formula is C14H21NO. The Balaban J connectivity index is 2.66. The molecule has 0 aromatic heterocycles. The summed E-state index contributed by atoms with van der Waals surface area (Å²) < 4.78 is 0. The van der Waals surface area contributed by atoms with E-state index in [1.807, 2.05) is 24.3 Å². The van der Waals surface area contributed by atoms with Gasteiger partial charge in [-0.05, 0) is 37.3 Å². The summed E-state index contributed by atoms with van der Waals surface area (Å²) >= 11 is 0. The maximum absolute atomic E-state index is 11.2. The minimum atomic E-state index is 0.110. The Morgan fingerprint density at radius 2 is 2.06 bits per heavy atom. The highest BCUT2D eigenvalue weighted by atomic mass is 16.1. The van der Waals surface area contributed by atoms with E-state index >= 15 is 0 Å². The maximum atomic E-state index is 11.2. The van der Waals surface area contributed by atoms with Crippen LogP contribution in [0.5, 0.6) is 0 Å². The van der Waals surface area contributed by atoms with Gasteiger partial charge in [0.05, 0.1) is 0 Å². The van der Waals surface area contributed by atoms with Crippen molar-refractivity contribution in [1.82, 2.24) is 0 Å². The highest BCUT2D eigenvalue weighted by Crippen LogP contribution is 2.11. The van der Waals surface area contributed by atoms with Crippen LogP contribution in [-0.4, -0.2) is 11.8 Å². The number of ketones is 1. The number of Topliss-reactive ketones (excluding diaryl/α,β-unsaturated/α-hetero) is 1. The Hall–Kier alpha value is -1.15. The van der Waals surface area contributed by atoms with Crippen LogP contribution in [0.2, 0.25) is 0 Å². The van der Waals surface area contributed by atoms with Crippen molar-refractivity contribution in [2.45, 2.75) is 39.7 Å². The monoisotopic (exact) mass is 219 g/mol. The molecule has 0 unspecified atom stereocenters. The molecule has 0 saturated carbocycles. The van der Waals surface area contributed by atoms with Crippen molar-refractivity contribution in [2.24, 2.45) is 11.7 Å². The molecule has 2 nitrogen and oxygen atoms in total. The van der Waals surface area contributed by atoms with E-state index in [1.54, 1.807) is 6.92 Å². The van der Waals surface area contributed by atoms with Crippen LogP contribution in [0, 0.1) is 5.92 Å². The zero-order valence-electron chi connectivity index (χ0n) is 10.4. The summed E-state index contributed by atoms with van der Waals surface area (Å²) in [6.07, 6.45) is 1.86. The zero-order chi connectivity index (χ0) is 12.1. The summed E-state index contributed by atoms with van der Waals surface area (Å²) in [5.41, 5.74) is 7.97. The molecule has 2 heteroatoms. The average molecular weight is 219 g/mol. The van der Waals surface area contributed by atoms with Crippen molar-refractivity contribution in [2.75, 3.05) is 0 Å². The van der Waals surface area contributed by atoms with E-state index in [0.29, 0.717) is 5.92 Å². The standard InChI is InChI=1S/C14H21NO/c1-10(2)7-14(15)9-12-5-4-6-13(8-12)11(3)16/h4-6,8,10,14H,7,9,15H2,1-3H3/t14-/m1/s1. The van der Waals surface area contributed by atoms with Crippen LogP contribution >= 0.6 is 0 Å². The fourth-order valence-corrected chi connectivity index (χ4v) is 1.91. The van der Waals surface area contributed by atoms with Crippen molar-refractivity contribution in [3.05, 3.63) is 35.4 Å². The van der Waals surface area contributed by atoms with Gasteiger partial charge in [0.15, 0.2) is 5.78 Å². The molecule has 16 heavy (non-hydrogen) atoms. The van der Waals surface area contributed by atoms with Gasteiger partial charge in [0.1, 0.15) is 0 Å². The van der Waals surface area contributed by atoms with Crippen LogP contribution in [-0.2, 0) is 6.42 Å². The SMILES string of the molecule is CC(=O)c1cccc(C[C@H](N)CC(C)C)c1. The normalized spacial score (nSPS) is 12.8. The first kappa shape index (κ1) is 12.9. The predicted octanol–water partition coefficient (Wildman–Crippen LogP) is 2.81. The van der Waals surface area contributed by atoms with Gasteiger partial charge >= 0.3 is 0 Å². The van der Waals surface area contributed by atoms with Crippen molar-refractivity contribution < 1.29 is 4.79 Å². The van der Waals surface area contributed by atoms with Crippen molar-refractivity contribution in [1.29, 1.82) is 0 Å². The highest BCUT2D eigenvalue weighted by Gasteiger charge is 2.07. The Kier molecular flexibility index (Phi) is 4.69. The van der Waals surface area contributed by atoms with Gasteiger partial charge in [0.25, 0.3) is 0 Å². The quantitative estimate of drug-likeness (QED) is 0.774. The van der Waals surface area contributed by atoms with Crippen molar-refractivity contribution in [3.8, 4) is 0 Å². The van der Waals surface area contributed by atoms with Gasteiger partial charge in [-0.15, -0.1) is 0 Å². The van der Waals surface area contributed by atoms with E-state index in [1.165, 1.54) is 0 Å². The molecule has 1 rings (SSSR count). The predicted molar refractivity (Wildman–Crippen MR) is 67.6 cm³/mol. The number of rotatable bonds is 5. The first-order valence-electron chi connectivity index (χ1n) is 5.84. The largest absolute Gasteiger partial charge is 0.327 e. The van der Waals surface area contributed by atoms with E-state index in [2.05, 4.69) is 13.8 Å². The molecule has 0 aliphatic rings. The van der Waals surface area contributed by atoms with Gasteiger partial charge in [-0.1, -0.05) is 32.0 Å². The van der Waals surface area contributed by atoms with Crippen LogP contribution in [0.25, 0.3) is 0 Å². The number of carbonyl (C=O) groups excluding carboxylic acids is 1. The molecular weight excluding hydrogens is 198 g/mol. The van der Waals surface area contributed by atoms with Gasteiger partial charge in [0, 0.05) is 11.6 Å². The third kappa shape index (κ3) is 4.15. The van der Waals surface area contributed by atoms with Crippen LogP contribution in [0.3, 0.4) is 0 Å². The van der Waals surface area contributed by atoms with Gasteiger partial charge < -0.3 is 5.73 Å². The summed E-state index contributed by atoms with van der Waals surface area (Å²) in [5.74, 6) is 0.727. The number of nitrogens with two attached hydrogens (primary N) is 1. The molecule has 0 aliphatic carbocycles. The lowest BCUT2D eigenvalue weighted by Gasteiger charge is -2.14. The molecule has 0 aliphatic heterocycles. The molecule has 0 heterocycles. The van der Waals surface area contributed by atoms with E-state index in [-0.39, 0.29) is 11.8 Å². The lowest BCUT2D eigenvalue weighted by atomic mass is 9.97. The van der Waals surface area contributed by atoms with Gasteiger partial charge in [0.2, 0.25) is 0 Å². The molecule has 0 saturated heterocycles. The fourth-order valence-electron chi connectivity index (χ4n) is 1.91. The van der Waals surface area contributed by atoms with E-state index < -0.39 is 0 Å². The van der Waals surface area contributed by atoms with E-state index in [4.69, 9.17) is 5.73 Å². The second kappa shape index (κ2) is 5.80. The third-order valence-corrected chi connectivity index (χ3v) is 2.61. The Morgan fingerprint density at radius 3 is 2.62 bits per heavy atom. The van der Waals surface area contributed by atoms with Crippen LogP contribution in [0.15, 0.2) is 24.3 Å². The zero-order valence-corrected chi connectivity index (χ0v) is 10.4. The molecule has 1 aromatic carbocycles. The fraction of sp³-hybridized carbons (Fsp3) is 0.500. The summed E-state index contributed by atoms with van der Waals surface area (Å²) in [7, 11) is 0. The Bertz CT molecular complexity index is 358. The maximum Gasteiger partial charge on any atom is 0.159 e. The lowest BCUT2D eigenvalue weighted by molar-refractivity contribution is 0.101. The topological polar surface area (TPSA) is 43.1 Å². The molecule has 0 bridgehead atoms. The molecule has 0 radical (unpaired) electrons. The van der Waals surface area contributed by atoms with E-state index in [9.17, 15) is 4.79 Å². The van der Waals surface area contributed by atoms with Crippen LogP contribution < -0.4 is 5.73 Å². The number of hydrogen-bond donors (Lipinski definition) is 1. The average Bonchev–Trinajstić information content (AvgIpc) is 2.16. The summed E-state index contributed by atoms with van der Waals surface area (Å²) in [6.45, 7) is 5.94. The lowest BCUT2D eigenvalue weighted by Crippen LogP contribution is -2.24. The molecule has 1 atom stereocenters. The second-order valence-electron chi connectivity index (χ2n) is 4.85. The first-order valence-corrected chi connectivity index (χ1v) is 5.84. The van der Waals surface area contributed by atoms with Crippen molar-refractivity contribution in [3.63, 3.8) is 0 Å². The van der Waals surface area contributed by atoms with Gasteiger partial charge in [-0.25, -0.2) is 0 Å². The van der Waals surface area contributed by atoms with Crippen LogP contribution in [0.1, 0.15) is 43.1 Å². The second-order valence-corrected chi connectivity index (χ2v) is 4.85. The van der Waals surface area contributed by atoms with E-state index in [0.717, 1.165) is 24.0 Å². The molecule has 0 amide bonds. The molecule has 0 spiro atoms. The van der Waals surface area contributed by atoms with Gasteiger partial charge in [-0.2, -0.15) is 0 Å². The smallest absolute Gasteiger partial charge is 0.159 e. The number of benzene rings is 1. The summed E-state index contributed by atoms with van der Waals surface area (Å²) in [5, 5.41) is 0. The van der Waals surface area contributed by atoms with Crippen molar-refractivity contribution >= 4 is 5.78 Å².